The molecule has 17 heavy (non-hydrogen) atoms. The van der Waals surface area contributed by atoms with Crippen molar-refractivity contribution in [3.63, 3.8) is 0 Å². The fourth-order valence-corrected chi connectivity index (χ4v) is 1.76. The number of halogens is 1. The van der Waals surface area contributed by atoms with Crippen LogP contribution in [0.1, 0.15) is 18.9 Å². The summed E-state index contributed by atoms with van der Waals surface area (Å²) in [7, 11) is 0. The summed E-state index contributed by atoms with van der Waals surface area (Å²) in [4.78, 5) is 10.6. The zero-order valence-corrected chi connectivity index (χ0v) is 9.53. The molecular weight excluding hydrogens is 223 g/mol. The summed E-state index contributed by atoms with van der Waals surface area (Å²) in [6.45, 7) is 2.12. The molecular formula is C13H13FO3. The van der Waals surface area contributed by atoms with Gasteiger partial charge in [-0.3, -0.25) is 4.79 Å². The molecule has 0 bridgehead atoms. The molecule has 1 aliphatic rings. The first-order valence-corrected chi connectivity index (χ1v) is 5.42. The van der Waals surface area contributed by atoms with Crippen molar-refractivity contribution in [2.45, 2.75) is 13.3 Å². The Morgan fingerprint density at radius 1 is 1.59 bits per heavy atom. The number of carbonyl (C=O) groups excluding carboxylic acids is 1. The first kappa shape index (κ1) is 11.6. The minimum absolute atomic E-state index is 0.238. The van der Waals surface area contributed by atoms with Gasteiger partial charge >= 0.3 is 5.97 Å². The molecule has 4 heteroatoms. The third-order valence-electron chi connectivity index (χ3n) is 2.53. The molecule has 0 spiro atoms. The number of hydrogen-bond acceptors (Lipinski definition) is 3. The van der Waals surface area contributed by atoms with Crippen molar-refractivity contribution in [1.29, 1.82) is 0 Å². The van der Waals surface area contributed by atoms with Crippen LogP contribution >= 0.6 is 0 Å². The van der Waals surface area contributed by atoms with Crippen LogP contribution in [-0.4, -0.2) is 19.2 Å². The maximum atomic E-state index is 13.0. The quantitative estimate of drug-likeness (QED) is 0.740. The van der Waals surface area contributed by atoms with Crippen LogP contribution in [0.5, 0.6) is 5.75 Å². The van der Waals surface area contributed by atoms with Crippen LogP contribution in [0.25, 0.3) is 5.57 Å². The lowest BCUT2D eigenvalue weighted by atomic mass is 9.99. The topological polar surface area (TPSA) is 35.5 Å². The van der Waals surface area contributed by atoms with Crippen molar-refractivity contribution in [3.8, 4) is 5.75 Å². The van der Waals surface area contributed by atoms with Crippen LogP contribution in [-0.2, 0) is 9.53 Å². The van der Waals surface area contributed by atoms with Crippen molar-refractivity contribution >= 4 is 11.5 Å². The highest BCUT2D eigenvalue weighted by Crippen LogP contribution is 2.33. The van der Waals surface area contributed by atoms with E-state index in [4.69, 9.17) is 9.47 Å². The monoisotopic (exact) mass is 236 g/mol. The number of benzene rings is 1. The zero-order chi connectivity index (χ0) is 12.3. The van der Waals surface area contributed by atoms with Gasteiger partial charge in [0.1, 0.15) is 18.2 Å². The zero-order valence-electron chi connectivity index (χ0n) is 9.53. The Hall–Kier alpha value is -1.84. The molecule has 0 saturated carbocycles. The van der Waals surface area contributed by atoms with E-state index >= 15 is 0 Å². The molecule has 0 radical (unpaired) electrons. The standard InChI is InChI=1S/C13H13FO3/c1-9(15)16-6-4-10-5-7-17-13-8-11(14)2-3-12(10)13/h2-4,8H,5-7H2,1H3. The van der Waals surface area contributed by atoms with E-state index in [9.17, 15) is 9.18 Å². The molecule has 1 aromatic carbocycles. The molecule has 1 aromatic rings. The molecule has 1 aliphatic heterocycles. The molecule has 0 amide bonds. The van der Waals surface area contributed by atoms with Crippen LogP contribution in [0.4, 0.5) is 4.39 Å². The second-order valence-corrected chi connectivity index (χ2v) is 3.77. The number of esters is 1. The highest BCUT2D eigenvalue weighted by molar-refractivity contribution is 5.72. The van der Waals surface area contributed by atoms with Crippen LogP contribution in [0.15, 0.2) is 24.3 Å². The molecule has 0 fully saturated rings. The summed E-state index contributed by atoms with van der Waals surface area (Å²) in [5, 5.41) is 0. The summed E-state index contributed by atoms with van der Waals surface area (Å²) in [5.41, 5.74) is 1.89. The molecule has 2 rings (SSSR count). The minimum Gasteiger partial charge on any atom is -0.493 e. The van der Waals surface area contributed by atoms with Crippen LogP contribution in [0.2, 0.25) is 0 Å². The van der Waals surface area contributed by atoms with Crippen LogP contribution in [0, 0.1) is 5.82 Å². The van der Waals surface area contributed by atoms with E-state index in [0.29, 0.717) is 12.4 Å². The number of ether oxygens (including phenoxy) is 2. The highest BCUT2D eigenvalue weighted by atomic mass is 19.1. The second kappa shape index (κ2) is 4.99. The lowest BCUT2D eigenvalue weighted by Crippen LogP contribution is -2.09. The van der Waals surface area contributed by atoms with E-state index in [1.807, 2.05) is 6.08 Å². The second-order valence-electron chi connectivity index (χ2n) is 3.77. The van der Waals surface area contributed by atoms with E-state index < -0.39 is 0 Å². The normalized spacial score (nSPS) is 16.2. The average Bonchev–Trinajstić information content (AvgIpc) is 2.28. The van der Waals surface area contributed by atoms with Gasteiger partial charge in [0.15, 0.2) is 0 Å². The van der Waals surface area contributed by atoms with Gasteiger partial charge in [-0.1, -0.05) is 0 Å². The Balaban J connectivity index is 2.19. The summed E-state index contributed by atoms with van der Waals surface area (Å²) < 4.78 is 23.2. The van der Waals surface area contributed by atoms with Gasteiger partial charge in [-0.05, 0) is 23.8 Å². The maximum Gasteiger partial charge on any atom is 0.302 e. The van der Waals surface area contributed by atoms with Gasteiger partial charge in [-0.15, -0.1) is 0 Å². The Morgan fingerprint density at radius 2 is 2.41 bits per heavy atom. The van der Waals surface area contributed by atoms with Gasteiger partial charge in [0.2, 0.25) is 0 Å². The first-order chi connectivity index (χ1) is 8.16. The maximum absolute atomic E-state index is 13.0. The smallest absolute Gasteiger partial charge is 0.302 e. The SMILES string of the molecule is CC(=O)OCC=C1CCOc2cc(F)ccc21. The van der Waals surface area contributed by atoms with Crippen molar-refractivity contribution in [2.24, 2.45) is 0 Å². The van der Waals surface area contributed by atoms with Gasteiger partial charge in [-0.25, -0.2) is 4.39 Å². The highest BCUT2D eigenvalue weighted by Gasteiger charge is 2.15. The van der Waals surface area contributed by atoms with Gasteiger partial charge in [-0.2, -0.15) is 0 Å². The summed E-state index contributed by atoms with van der Waals surface area (Å²) >= 11 is 0. The third-order valence-corrected chi connectivity index (χ3v) is 2.53. The molecule has 3 nitrogen and oxygen atoms in total. The molecule has 90 valence electrons. The van der Waals surface area contributed by atoms with Gasteiger partial charge < -0.3 is 9.47 Å². The molecule has 1 heterocycles. The fraction of sp³-hybridized carbons (Fsp3) is 0.308. The molecule has 0 atom stereocenters. The third kappa shape index (κ3) is 2.84. The van der Waals surface area contributed by atoms with Gasteiger partial charge in [0.25, 0.3) is 0 Å². The minimum atomic E-state index is -0.315. The lowest BCUT2D eigenvalue weighted by Gasteiger charge is -2.20. The van der Waals surface area contributed by atoms with Gasteiger partial charge in [0.05, 0.1) is 6.61 Å². The summed E-state index contributed by atoms with van der Waals surface area (Å²) in [6, 6.07) is 4.45. The average molecular weight is 236 g/mol. The fourth-order valence-electron chi connectivity index (χ4n) is 1.76. The molecule has 0 aliphatic carbocycles. The van der Waals surface area contributed by atoms with E-state index in [-0.39, 0.29) is 18.4 Å². The van der Waals surface area contributed by atoms with Crippen molar-refractivity contribution in [1.82, 2.24) is 0 Å². The molecule has 0 unspecified atom stereocenters. The predicted octanol–water partition coefficient (Wildman–Crippen LogP) is 2.55. The van der Waals surface area contributed by atoms with E-state index in [1.54, 1.807) is 6.07 Å². The molecule has 0 N–H and O–H groups in total. The van der Waals surface area contributed by atoms with E-state index in [1.165, 1.54) is 19.1 Å². The molecule has 0 aromatic heterocycles. The van der Waals surface area contributed by atoms with E-state index in [0.717, 1.165) is 17.6 Å². The number of carbonyl (C=O) groups is 1. The predicted molar refractivity (Wildman–Crippen MR) is 61.1 cm³/mol. The van der Waals surface area contributed by atoms with Gasteiger partial charge in [0, 0.05) is 25.0 Å². The number of fused-ring (bicyclic) bond motifs is 1. The number of hydrogen-bond donors (Lipinski definition) is 0. The van der Waals surface area contributed by atoms with Crippen LogP contribution in [0.3, 0.4) is 0 Å². The van der Waals surface area contributed by atoms with Crippen LogP contribution < -0.4 is 4.74 Å². The Kier molecular flexibility index (Phi) is 3.42. The summed E-state index contributed by atoms with van der Waals surface area (Å²) in [6.07, 6.45) is 2.57. The Morgan fingerprint density at radius 3 is 3.18 bits per heavy atom. The Labute approximate surface area is 98.8 Å². The van der Waals surface area contributed by atoms with Crippen molar-refractivity contribution < 1.29 is 18.7 Å². The first-order valence-electron chi connectivity index (χ1n) is 5.42. The number of rotatable bonds is 2. The largest absolute Gasteiger partial charge is 0.493 e. The van der Waals surface area contributed by atoms with Crippen molar-refractivity contribution in [2.75, 3.05) is 13.2 Å². The van der Waals surface area contributed by atoms with Crippen molar-refractivity contribution in [3.05, 3.63) is 35.7 Å². The lowest BCUT2D eigenvalue weighted by molar-refractivity contribution is -0.139. The Bertz CT molecular complexity index is 466. The molecule has 0 saturated heterocycles. The summed E-state index contributed by atoms with van der Waals surface area (Å²) in [5.74, 6) is -0.0800. The van der Waals surface area contributed by atoms with E-state index in [2.05, 4.69) is 0 Å².